The first-order valence-corrected chi connectivity index (χ1v) is 9.84. The predicted octanol–water partition coefficient (Wildman–Crippen LogP) is -0.835. The number of carbonyl (C=O) groups is 1. The molecule has 2 aliphatic rings. The van der Waals surface area contributed by atoms with Gasteiger partial charge < -0.3 is 9.29 Å². The first-order valence-electron chi connectivity index (χ1n) is 6.31. The molecule has 0 aromatic rings. The minimum atomic E-state index is -0.680. The van der Waals surface area contributed by atoms with Gasteiger partial charge in [-0.05, 0) is 24.0 Å². The number of hydrogen-bond acceptors (Lipinski definition) is 5. The molecule has 0 spiro atoms. The Labute approximate surface area is 124 Å². The second kappa shape index (κ2) is 6.90. The molecule has 19 heavy (non-hydrogen) atoms. The zero-order valence-corrected chi connectivity index (χ0v) is 13.2. The second-order valence-electron chi connectivity index (χ2n) is 4.74. The molecule has 3 N–H and O–H groups in total. The molecule has 0 aromatic heterocycles. The van der Waals surface area contributed by atoms with Gasteiger partial charge in [0.15, 0.2) is 0 Å². The quantitative estimate of drug-likeness (QED) is 0.554. The van der Waals surface area contributed by atoms with E-state index < -0.39 is 9.74 Å². The van der Waals surface area contributed by atoms with Crippen LogP contribution in [0.4, 0.5) is 0 Å². The van der Waals surface area contributed by atoms with E-state index in [2.05, 4.69) is 10.3 Å². The number of rotatable bonds is 6. The van der Waals surface area contributed by atoms with Crippen LogP contribution in [0.15, 0.2) is 0 Å². The molecule has 0 aliphatic carbocycles. The Morgan fingerprint density at radius 3 is 3.21 bits per heavy atom. The minimum Gasteiger partial charge on any atom is -0.447 e. The summed E-state index contributed by atoms with van der Waals surface area (Å²) in [5, 5.41) is 12.9. The molecular weight excluding hydrogens is 304 g/mol. The monoisotopic (exact) mass is 323 g/mol. The lowest BCUT2D eigenvalue weighted by Crippen LogP contribution is -2.80. The van der Waals surface area contributed by atoms with E-state index in [0.717, 1.165) is 25.0 Å². The number of amidine groups is 1. The summed E-state index contributed by atoms with van der Waals surface area (Å²) in [4.78, 5) is 14.4. The second-order valence-corrected chi connectivity index (χ2v) is 8.39. The number of fused-ring (bicyclic) bond motifs is 1. The number of carbonyl (C=O) groups excluding carboxylic acids is 1. The van der Waals surface area contributed by atoms with Crippen LogP contribution in [0, 0.1) is 0 Å². The van der Waals surface area contributed by atoms with Gasteiger partial charge in [-0.1, -0.05) is 6.42 Å². The predicted molar refractivity (Wildman–Crippen MR) is 80.8 cm³/mol. The summed E-state index contributed by atoms with van der Waals surface area (Å²) in [7, 11) is -0.680. The fourth-order valence-corrected chi connectivity index (χ4v) is 4.56. The molecule has 4 unspecified atom stereocenters. The van der Waals surface area contributed by atoms with Crippen LogP contribution in [0.2, 0.25) is 0 Å². The summed E-state index contributed by atoms with van der Waals surface area (Å²) in [6.45, 7) is 0. The van der Waals surface area contributed by atoms with E-state index >= 15 is 0 Å². The van der Waals surface area contributed by atoms with E-state index in [4.69, 9.17) is 15.4 Å². The van der Waals surface area contributed by atoms with Gasteiger partial charge in [-0.25, -0.2) is 10.3 Å². The highest BCUT2D eigenvalue weighted by molar-refractivity contribution is 8.26. The number of thioether (sulfide) groups is 1. The van der Waals surface area contributed by atoms with E-state index in [1.807, 2.05) is 11.8 Å². The van der Waals surface area contributed by atoms with E-state index in [9.17, 15) is 9.90 Å². The van der Waals surface area contributed by atoms with Gasteiger partial charge in [-0.2, -0.15) is 0 Å². The zero-order chi connectivity index (χ0) is 13.8. The number of unbranched alkanes of at least 4 members (excludes halogenated alkanes) is 1. The van der Waals surface area contributed by atoms with Crippen LogP contribution in [0.1, 0.15) is 25.7 Å². The van der Waals surface area contributed by atoms with Crippen LogP contribution in [-0.2, 0) is 29.9 Å². The summed E-state index contributed by atoms with van der Waals surface area (Å²) >= 11 is 6.75. The smallest absolute Gasteiger partial charge is 0.440 e. The molecule has 2 aliphatic heterocycles. The Kier molecular flexibility index (Phi) is 5.47. The Hall–Kier alpha value is -0.340. The standard InChI is InChI=1S/C11H18N2O3S3/c1-19(17)16-9(14)5-3-2-4-8-10-7(6-18-8)12-11(15)13-10/h7-8,10H,2-6H2,1H3,(H2,12,13,15)/p+1. The Morgan fingerprint density at radius 1 is 1.68 bits per heavy atom. The third-order valence-corrected chi connectivity index (χ3v) is 5.41. The van der Waals surface area contributed by atoms with Gasteiger partial charge in [0.25, 0.3) is 0 Å². The highest BCUT2D eigenvalue weighted by Crippen LogP contribution is 2.30. The van der Waals surface area contributed by atoms with Gasteiger partial charge in [0, 0.05) is 23.7 Å². The average molecular weight is 323 g/mol. The van der Waals surface area contributed by atoms with Crippen molar-refractivity contribution in [2.24, 2.45) is 0 Å². The third kappa shape index (κ3) is 4.32. The van der Waals surface area contributed by atoms with Crippen molar-refractivity contribution in [3.05, 3.63) is 0 Å². The van der Waals surface area contributed by atoms with Gasteiger partial charge in [-0.15, -0.1) is 11.8 Å². The molecule has 108 valence electrons. The summed E-state index contributed by atoms with van der Waals surface area (Å²) in [6.07, 6.45) is 5.04. The molecule has 0 saturated carbocycles. The van der Waals surface area contributed by atoms with E-state index in [-0.39, 0.29) is 12.0 Å². The van der Waals surface area contributed by atoms with Crippen LogP contribution in [-0.4, -0.2) is 46.4 Å². The van der Waals surface area contributed by atoms with Crippen LogP contribution >= 0.6 is 11.8 Å². The lowest BCUT2D eigenvalue weighted by atomic mass is 10.0. The van der Waals surface area contributed by atoms with Crippen LogP contribution < -0.4 is 10.3 Å². The Morgan fingerprint density at radius 2 is 2.47 bits per heavy atom. The molecule has 5 nitrogen and oxygen atoms in total. The Bertz CT molecular complexity index is 403. The van der Waals surface area contributed by atoms with Crippen molar-refractivity contribution in [2.75, 3.05) is 12.0 Å². The maximum atomic E-state index is 11.3. The normalized spacial score (nSPS) is 30.4. The number of aliphatic hydroxyl groups is 1. The van der Waals surface area contributed by atoms with Crippen LogP contribution in [0.25, 0.3) is 0 Å². The number of nitrogens with one attached hydrogen (secondary N) is 2. The maximum Gasteiger partial charge on any atom is 0.440 e. The first kappa shape index (κ1) is 15.1. The van der Waals surface area contributed by atoms with Gasteiger partial charge >= 0.3 is 12.0 Å². The first-order chi connectivity index (χ1) is 9.06. The molecule has 1 saturated heterocycles. The lowest BCUT2D eigenvalue weighted by molar-refractivity contribution is -0.500. The molecule has 0 radical (unpaired) electrons. The summed E-state index contributed by atoms with van der Waals surface area (Å²) < 4.78 is 4.95. The van der Waals surface area contributed by atoms with Crippen molar-refractivity contribution in [3.8, 4) is 0 Å². The van der Waals surface area contributed by atoms with Gasteiger partial charge in [0.05, 0.1) is 9.74 Å². The van der Waals surface area contributed by atoms with Crippen LogP contribution in [0.3, 0.4) is 0 Å². The van der Waals surface area contributed by atoms with Crippen molar-refractivity contribution in [3.63, 3.8) is 0 Å². The topological polar surface area (TPSA) is 72.5 Å². The molecule has 2 heterocycles. The molecule has 2 rings (SSSR count). The largest absolute Gasteiger partial charge is 0.447 e. The molecule has 0 aromatic carbocycles. The SMILES string of the molecule is CS(=S)OC(=O)CCCCC1SCC2NC(O)=[NH+]C21. The Balaban J connectivity index is 1.64. The molecule has 0 amide bonds. The summed E-state index contributed by atoms with van der Waals surface area (Å²) in [5.74, 6) is 0.827. The van der Waals surface area contributed by atoms with E-state index in [0.29, 0.717) is 23.8 Å². The molecule has 8 heteroatoms. The third-order valence-electron chi connectivity index (χ3n) is 3.28. The van der Waals surface area contributed by atoms with Crippen molar-refractivity contribution in [2.45, 2.75) is 43.0 Å². The zero-order valence-electron chi connectivity index (χ0n) is 10.8. The van der Waals surface area contributed by atoms with E-state index in [1.54, 1.807) is 6.26 Å². The highest BCUT2D eigenvalue weighted by atomic mass is 32.8. The number of aliphatic hydroxyl groups excluding tert-OH is 1. The fourth-order valence-electron chi connectivity index (χ4n) is 2.44. The maximum absolute atomic E-state index is 11.3. The number of hydrogen-bond donors (Lipinski definition) is 3. The van der Waals surface area contributed by atoms with Gasteiger partial charge in [0.1, 0.15) is 12.1 Å². The summed E-state index contributed by atoms with van der Waals surface area (Å²) in [5.41, 5.74) is 0. The lowest BCUT2D eigenvalue weighted by Gasteiger charge is -2.11. The van der Waals surface area contributed by atoms with Crippen LogP contribution in [0.5, 0.6) is 0 Å². The van der Waals surface area contributed by atoms with Crippen molar-refractivity contribution < 1.29 is 19.1 Å². The molecule has 4 atom stereocenters. The summed E-state index contributed by atoms with van der Waals surface area (Å²) in [6, 6.07) is 0.845. The van der Waals surface area contributed by atoms with Gasteiger partial charge in [0.2, 0.25) is 0 Å². The van der Waals surface area contributed by atoms with E-state index in [1.165, 1.54) is 0 Å². The minimum absolute atomic E-state index is 0.190. The highest BCUT2D eigenvalue weighted by Gasteiger charge is 2.45. The average Bonchev–Trinajstić information content (AvgIpc) is 2.83. The van der Waals surface area contributed by atoms with Crippen molar-refractivity contribution >= 4 is 44.7 Å². The fraction of sp³-hybridized carbons (Fsp3) is 0.818. The molecular formula is C11H19N2O3S3+. The van der Waals surface area contributed by atoms with Crippen molar-refractivity contribution in [1.29, 1.82) is 0 Å². The molecule has 1 fully saturated rings. The van der Waals surface area contributed by atoms with Gasteiger partial charge in [-0.3, -0.25) is 4.79 Å². The van der Waals surface area contributed by atoms with Crippen molar-refractivity contribution in [1.82, 2.24) is 5.32 Å². The molecule has 0 bridgehead atoms.